The van der Waals surface area contributed by atoms with Crippen LogP contribution in [0, 0.1) is 0 Å². The molecule has 2 rings (SSSR count). The molecule has 6 nitrogen and oxygen atoms in total. The average molecular weight is 194 g/mol. The van der Waals surface area contributed by atoms with Gasteiger partial charge in [-0.05, 0) is 6.07 Å². The summed E-state index contributed by atoms with van der Waals surface area (Å²) in [6, 6.07) is 2.23. The number of pyridine rings is 1. The predicted octanol–water partition coefficient (Wildman–Crippen LogP) is -0.601. The lowest BCUT2D eigenvalue weighted by Gasteiger charge is -2.01. The first-order chi connectivity index (χ1) is 6.59. The number of hydrogen-bond acceptors (Lipinski definition) is 4. The van der Waals surface area contributed by atoms with E-state index in [4.69, 9.17) is 5.11 Å². The molecular formula is C8H6N2O4. The minimum atomic E-state index is -0.722. The Hall–Kier alpha value is -2.24. The standard InChI is InChI=1S/C8H6N2O4/c11-4-1-2-6(13)10-3-5(12)9-8(14)7(4)10/h1-3,11-12H,(H,9,14). The zero-order chi connectivity index (χ0) is 10.3. The Kier molecular flexibility index (Phi) is 1.57. The zero-order valence-electron chi connectivity index (χ0n) is 6.89. The fourth-order valence-electron chi connectivity index (χ4n) is 1.23. The van der Waals surface area contributed by atoms with Gasteiger partial charge in [0.05, 0.1) is 6.20 Å². The second-order valence-corrected chi connectivity index (χ2v) is 2.74. The molecule has 0 atom stereocenters. The molecule has 0 spiro atoms. The molecule has 72 valence electrons. The average Bonchev–Trinajstić information content (AvgIpc) is 2.10. The number of aromatic hydroxyl groups is 2. The molecule has 6 heteroatoms. The van der Waals surface area contributed by atoms with Gasteiger partial charge in [0.1, 0.15) is 5.75 Å². The topological polar surface area (TPSA) is 94.8 Å². The van der Waals surface area contributed by atoms with E-state index in [1.54, 1.807) is 0 Å². The summed E-state index contributed by atoms with van der Waals surface area (Å²) >= 11 is 0. The van der Waals surface area contributed by atoms with E-state index in [-0.39, 0.29) is 11.3 Å². The van der Waals surface area contributed by atoms with E-state index in [0.717, 1.165) is 22.7 Å². The fraction of sp³-hybridized carbons (Fsp3) is 0. The normalized spacial score (nSPS) is 10.6. The molecule has 0 aromatic carbocycles. The molecule has 0 saturated heterocycles. The van der Waals surface area contributed by atoms with Crippen molar-refractivity contribution in [3.63, 3.8) is 0 Å². The molecule has 0 amide bonds. The molecule has 2 heterocycles. The maximum Gasteiger partial charge on any atom is 0.278 e. The Morgan fingerprint density at radius 2 is 1.93 bits per heavy atom. The van der Waals surface area contributed by atoms with Crippen LogP contribution >= 0.6 is 0 Å². The van der Waals surface area contributed by atoms with E-state index < -0.39 is 17.0 Å². The summed E-state index contributed by atoms with van der Waals surface area (Å²) in [6.45, 7) is 0. The number of nitrogens with zero attached hydrogens (tertiary/aromatic N) is 1. The molecule has 0 aliphatic heterocycles. The molecule has 14 heavy (non-hydrogen) atoms. The van der Waals surface area contributed by atoms with Gasteiger partial charge in [0, 0.05) is 6.07 Å². The zero-order valence-corrected chi connectivity index (χ0v) is 6.89. The second-order valence-electron chi connectivity index (χ2n) is 2.74. The summed E-state index contributed by atoms with van der Waals surface area (Å²) in [5, 5.41) is 18.3. The number of aromatic nitrogens is 2. The summed E-state index contributed by atoms with van der Waals surface area (Å²) in [5.41, 5.74) is -1.41. The first-order valence-corrected chi connectivity index (χ1v) is 3.76. The highest BCUT2D eigenvalue weighted by Crippen LogP contribution is 2.11. The van der Waals surface area contributed by atoms with E-state index >= 15 is 0 Å². The van der Waals surface area contributed by atoms with Crippen molar-refractivity contribution in [1.29, 1.82) is 0 Å². The van der Waals surface area contributed by atoms with Crippen LogP contribution in [0.1, 0.15) is 0 Å². The molecule has 0 fully saturated rings. The van der Waals surface area contributed by atoms with Gasteiger partial charge in [-0.1, -0.05) is 0 Å². The number of fused-ring (bicyclic) bond motifs is 1. The lowest BCUT2D eigenvalue weighted by Crippen LogP contribution is -2.19. The summed E-state index contributed by atoms with van der Waals surface area (Å²) in [6.07, 6.45) is 1.03. The molecule has 0 aliphatic rings. The maximum absolute atomic E-state index is 11.2. The number of aromatic amines is 1. The third-order valence-corrected chi connectivity index (χ3v) is 1.81. The van der Waals surface area contributed by atoms with E-state index in [0.29, 0.717) is 0 Å². The summed E-state index contributed by atoms with van der Waals surface area (Å²) < 4.78 is 0.878. The van der Waals surface area contributed by atoms with Crippen molar-refractivity contribution in [1.82, 2.24) is 9.38 Å². The molecule has 0 aliphatic carbocycles. The SMILES string of the molecule is O=c1[nH]c(O)cn2c(=O)ccc(O)c12. The van der Waals surface area contributed by atoms with E-state index in [1.807, 2.05) is 0 Å². The Morgan fingerprint density at radius 1 is 1.21 bits per heavy atom. The van der Waals surface area contributed by atoms with Crippen LogP contribution in [0.15, 0.2) is 27.9 Å². The molecular weight excluding hydrogens is 188 g/mol. The molecule has 2 aromatic rings. The largest absolute Gasteiger partial charge is 0.506 e. The van der Waals surface area contributed by atoms with Crippen LogP contribution in [0.5, 0.6) is 11.6 Å². The first kappa shape index (κ1) is 8.36. The lowest BCUT2D eigenvalue weighted by molar-refractivity contribution is 0.445. The van der Waals surface area contributed by atoms with Crippen LogP contribution in [0.4, 0.5) is 0 Å². The molecule has 0 bridgehead atoms. The van der Waals surface area contributed by atoms with Gasteiger partial charge in [-0.25, -0.2) is 0 Å². The number of nitrogens with one attached hydrogen (secondary N) is 1. The second kappa shape index (κ2) is 2.63. The van der Waals surface area contributed by atoms with Crippen LogP contribution in [-0.2, 0) is 0 Å². The van der Waals surface area contributed by atoms with Crippen LogP contribution in [0.25, 0.3) is 5.52 Å². The van der Waals surface area contributed by atoms with Gasteiger partial charge in [-0.15, -0.1) is 0 Å². The van der Waals surface area contributed by atoms with Crippen molar-refractivity contribution in [2.24, 2.45) is 0 Å². The third kappa shape index (κ3) is 1.05. The minimum absolute atomic E-state index is 0.185. The minimum Gasteiger partial charge on any atom is -0.506 e. The van der Waals surface area contributed by atoms with Gasteiger partial charge >= 0.3 is 0 Å². The van der Waals surface area contributed by atoms with Gasteiger partial charge < -0.3 is 10.2 Å². The Labute approximate surface area is 76.7 Å². The van der Waals surface area contributed by atoms with Crippen molar-refractivity contribution in [3.8, 4) is 11.6 Å². The van der Waals surface area contributed by atoms with E-state index in [9.17, 15) is 14.7 Å². The van der Waals surface area contributed by atoms with Crippen molar-refractivity contribution < 1.29 is 10.2 Å². The summed E-state index contributed by atoms with van der Waals surface area (Å²) in [7, 11) is 0. The molecule has 0 unspecified atom stereocenters. The fourth-order valence-corrected chi connectivity index (χ4v) is 1.23. The molecule has 0 saturated carbocycles. The van der Waals surface area contributed by atoms with Crippen molar-refractivity contribution in [2.75, 3.05) is 0 Å². The van der Waals surface area contributed by atoms with Gasteiger partial charge in [0.2, 0.25) is 5.88 Å². The van der Waals surface area contributed by atoms with Crippen molar-refractivity contribution in [3.05, 3.63) is 39.0 Å². The summed E-state index contributed by atoms with van der Waals surface area (Å²) in [5.74, 6) is -0.749. The highest BCUT2D eigenvalue weighted by Gasteiger charge is 2.06. The van der Waals surface area contributed by atoms with Crippen LogP contribution < -0.4 is 11.1 Å². The predicted molar refractivity (Wildman–Crippen MR) is 47.6 cm³/mol. The highest BCUT2D eigenvalue weighted by molar-refractivity contribution is 5.57. The van der Waals surface area contributed by atoms with Gasteiger partial charge in [0.25, 0.3) is 11.1 Å². The van der Waals surface area contributed by atoms with Crippen molar-refractivity contribution >= 4 is 5.52 Å². The summed E-state index contributed by atoms with van der Waals surface area (Å²) in [4.78, 5) is 24.5. The Morgan fingerprint density at radius 3 is 2.64 bits per heavy atom. The number of H-pyrrole nitrogens is 1. The van der Waals surface area contributed by atoms with Crippen LogP contribution in [-0.4, -0.2) is 19.6 Å². The molecule has 2 aromatic heterocycles. The van der Waals surface area contributed by atoms with Gasteiger partial charge in [-0.3, -0.25) is 19.0 Å². The quantitative estimate of drug-likeness (QED) is 0.521. The monoisotopic (exact) mass is 194 g/mol. The van der Waals surface area contributed by atoms with Crippen LogP contribution in [0.2, 0.25) is 0 Å². The van der Waals surface area contributed by atoms with Crippen LogP contribution in [0.3, 0.4) is 0 Å². The number of rotatable bonds is 0. The highest BCUT2D eigenvalue weighted by atomic mass is 16.3. The van der Waals surface area contributed by atoms with Crippen molar-refractivity contribution in [2.45, 2.75) is 0 Å². The Balaban J connectivity index is 3.16. The first-order valence-electron chi connectivity index (χ1n) is 3.76. The van der Waals surface area contributed by atoms with E-state index in [1.165, 1.54) is 0 Å². The lowest BCUT2D eigenvalue weighted by atomic mass is 10.3. The maximum atomic E-state index is 11.2. The van der Waals surface area contributed by atoms with Gasteiger partial charge in [-0.2, -0.15) is 0 Å². The van der Waals surface area contributed by atoms with Gasteiger partial charge in [0.15, 0.2) is 5.52 Å². The number of hydrogen-bond donors (Lipinski definition) is 3. The molecule has 0 radical (unpaired) electrons. The van der Waals surface area contributed by atoms with E-state index in [2.05, 4.69) is 4.98 Å². The Bertz CT molecular complexity index is 611. The third-order valence-electron chi connectivity index (χ3n) is 1.81. The molecule has 3 N–H and O–H groups in total. The smallest absolute Gasteiger partial charge is 0.278 e.